The summed E-state index contributed by atoms with van der Waals surface area (Å²) in [5.41, 5.74) is 7.08. The quantitative estimate of drug-likeness (QED) is 0.875. The fourth-order valence-corrected chi connectivity index (χ4v) is 3.77. The first-order valence-corrected chi connectivity index (χ1v) is 8.64. The van der Waals surface area contributed by atoms with Crippen molar-refractivity contribution in [3.63, 3.8) is 0 Å². The number of hydrogen-bond acceptors (Lipinski definition) is 3. The molecule has 126 valence electrons. The van der Waals surface area contributed by atoms with Crippen LogP contribution >= 0.6 is 0 Å². The molecule has 1 saturated carbocycles. The van der Waals surface area contributed by atoms with Gasteiger partial charge in [-0.25, -0.2) is 4.39 Å². The zero-order chi connectivity index (χ0) is 16.2. The van der Waals surface area contributed by atoms with E-state index >= 15 is 0 Å². The highest BCUT2D eigenvalue weighted by Crippen LogP contribution is 2.27. The van der Waals surface area contributed by atoms with E-state index in [-0.39, 0.29) is 17.8 Å². The van der Waals surface area contributed by atoms with Gasteiger partial charge in [0, 0.05) is 37.8 Å². The molecule has 1 amide bonds. The highest BCUT2D eigenvalue weighted by atomic mass is 19.1. The molecule has 3 rings (SSSR count). The number of nitrogens with two attached hydrogens (primary N) is 1. The Hall–Kier alpha value is -1.62. The number of halogens is 1. The molecule has 4 nitrogen and oxygen atoms in total. The smallest absolute Gasteiger partial charge is 0.220 e. The molecule has 1 unspecified atom stereocenters. The third kappa shape index (κ3) is 4.22. The van der Waals surface area contributed by atoms with Crippen LogP contribution in [-0.2, 0) is 4.79 Å². The third-order valence-corrected chi connectivity index (χ3v) is 5.23. The summed E-state index contributed by atoms with van der Waals surface area (Å²) in [7, 11) is 0. The molecule has 1 aliphatic carbocycles. The first kappa shape index (κ1) is 16.2. The van der Waals surface area contributed by atoms with E-state index in [1.807, 2.05) is 12.1 Å². The first-order valence-electron chi connectivity index (χ1n) is 8.64. The van der Waals surface area contributed by atoms with Crippen LogP contribution in [-0.4, -0.2) is 31.6 Å². The average Bonchev–Trinajstić information content (AvgIpc) is 3.16. The number of rotatable bonds is 5. The third-order valence-electron chi connectivity index (χ3n) is 5.23. The number of benzene rings is 1. The van der Waals surface area contributed by atoms with Crippen molar-refractivity contribution in [1.29, 1.82) is 0 Å². The Morgan fingerprint density at radius 3 is 2.74 bits per heavy atom. The van der Waals surface area contributed by atoms with E-state index in [1.165, 1.54) is 12.1 Å². The molecule has 1 aromatic carbocycles. The number of nitrogens with zero attached hydrogens (tertiary/aromatic N) is 1. The van der Waals surface area contributed by atoms with Crippen LogP contribution in [0.1, 0.15) is 32.1 Å². The lowest BCUT2D eigenvalue weighted by molar-refractivity contribution is -0.122. The maximum atomic E-state index is 13.0. The summed E-state index contributed by atoms with van der Waals surface area (Å²) in [4.78, 5) is 14.3. The maximum absolute atomic E-state index is 13.0. The van der Waals surface area contributed by atoms with Crippen molar-refractivity contribution >= 4 is 11.6 Å². The molecular formula is C18H26FN3O. The number of carbonyl (C=O) groups is 1. The fourth-order valence-electron chi connectivity index (χ4n) is 3.77. The van der Waals surface area contributed by atoms with E-state index < -0.39 is 0 Å². The molecule has 0 radical (unpaired) electrons. The van der Waals surface area contributed by atoms with E-state index in [2.05, 4.69) is 10.2 Å². The standard InChI is InChI=1S/C18H26FN3O/c19-15-4-6-16(7-5-15)22-9-8-13(12-22)11-21-18(23)10-14-2-1-3-17(14)20/h4-7,13-14,17H,1-3,8-12,20H2,(H,21,23)/t13?,14-,17+/m0/s1. The Morgan fingerprint density at radius 1 is 1.26 bits per heavy atom. The van der Waals surface area contributed by atoms with Gasteiger partial charge in [-0.1, -0.05) is 6.42 Å². The van der Waals surface area contributed by atoms with Gasteiger partial charge < -0.3 is 16.0 Å². The molecule has 1 aliphatic heterocycles. The predicted molar refractivity (Wildman–Crippen MR) is 89.7 cm³/mol. The van der Waals surface area contributed by atoms with E-state index in [1.54, 1.807) is 0 Å². The summed E-state index contributed by atoms with van der Waals surface area (Å²) < 4.78 is 13.0. The lowest BCUT2D eigenvalue weighted by Crippen LogP contribution is -2.34. The minimum absolute atomic E-state index is 0.132. The molecule has 3 atom stereocenters. The van der Waals surface area contributed by atoms with Gasteiger partial charge in [0.15, 0.2) is 0 Å². The molecule has 0 aromatic heterocycles. The second kappa shape index (κ2) is 7.30. The molecular weight excluding hydrogens is 293 g/mol. The lowest BCUT2D eigenvalue weighted by atomic mass is 9.99. The molecule has 0 bridgehead atoms. The summed E-state index contributed by atoms with van der Waals surface area (Å²) in [6, 6.07) is 6.82. The van der Waals surface area contributed by atoms with Gasteiger partial charge in [-0.15, -0.1) is 0 Å². The normalized spacial score (nSPS) is 27.4. The van der Waals surface area contributed by atoms with E-state index in [4.69, 9.17) is 5.73 Å². The second-order valence-electron chi connectivity index (χ2n) is 6.94. The van der Waals surface area contributed by atoms with Crippen LogP contribution in [0.2, 0.25) is 0 Å². The molecule has 2 fully saturated rings. The summed E-state index contributed by atoms with van der Waals surface area (Å²) in [6.07, 6.45) is 4.90. The Morgan fingerprint density at radius 2 is 2.04 bits per heavy atom. The van der Waals surface area contributed by atoms with Gasteiger partial charge >= 0.3 is 0 Å². The number of nitrogens with one attached hydrogen (secondary N) is 1. The zero-order valence-corrected chi connectivity index (χ0v) is 13.5. The van der Waals surface area contributed by atoms with Gasteiger partial charge in [0.1, 0.15) is 5.82 Å². The average molecular weight is 319 g/mol. The van der Waals surface area contributed by atoms with Crippen LogP contribution in [0.25, 0.3) is 0 Å². The van der Waals surface area contributed by atoms with Crippen LogP contribution in [0.15, 0.2) is 24.3 Å². The van der Waals surface area contributed by atoms with Gasteiger partial charge in [0.05, 0.1) is 0 Å². The van der Waals surface area contributed by atoms with E-state index in [9.17, 15) is 9.18 Å². The van der Waals surface area contributed by atoms with Crippen LogP contribution < -0.4 is 16.0 Å². The highest BCUT2D eigenvalue weighted by Gasteiger charge is 2.27. The first-order chi connectivity index (χ1) is 11.1. The monoisotopic (exact) mass is 319 g/mol. The van der Waals surface area contributed by atoms with Gasteiger partial charge in [-0.3, -0.25) is 4.79 Å². The van der Waals surface area contributed by atoms with Gasteiger partial charge in [0.2, 0.25) is 5.91 Å². The number of hydrogen-bond donors (Lipinski definition) is 2. The molecule has 0 spiro atoms. The van der Waals surface area contributed by atoms with Crippen molar-refractivity contribution in [1.82, 2.24) is 5.32 Å². The molecule has 2 aliphatic rings. The number of anilines is 1. The van der Waals surface area contributed by atoms with E-state index in [0.717, 1.165) is 51.0 Å². The summed E-state index contributed by atoms with van der Waals surface area (Å²) in [5, 5.41) is 3.07. The van der Waals surface area contributed by atoms with Crippen molar-refractivity contribution in [3.05, 3.63) is 30.1 Å². The molecule has 1 heterocycles. The van der Waals surface area contributed by atoms with Crippen molar-refractivity contribution in [2.75, 3.05) is 24.5 Å². The maximum Gasteiger partial charge on any atom is 0.220 e. The van der Waals surface area contributed by atoms with Crippen molar-refractivity contribution in [2.24, 2.45) is 17.6 Å². The molecule has 23 heavy (non-hydrogen) atoms. The summed E-state index contributed by atoms with van der Waals surface area (Å²) in [5.74, 6) is 0.741. The molecule has 1 aromatic rings. The Balaban J connectivity index is 1.41. The van der Waals surface area contributed by atoms with Crippen molar-refractivity contribution in [3.8, 4) is 0 Å². The van der Waals surface area contributed by atoms with Gasteiger partial charge in [-0.05, 0) is 55.4 Å². The van der Waals surface area contributed by atoms with Crippen molar-refractivity contribution < 1.29 is 9.18 Å². The van der Waals surface area contributed by atoms with Crippen LogP contribution in [0.4, 0.5) is 10.1 Å². The van der Waals surface area contributed by atoms with Gasteiger partial charge in [-0.2, -0.15) is 0 Å². The van der Waals surface area contributed by atoms with Crippen LogP contribution in [0.3, 0.4) is 0 Å². The fraction of sp³-hybridized carbons (Fsp3) is 0.611. The van der Waals surface area contributed by atoms with Crippen molar-refractivity contribution in [2.45, 2.75) is 38.1 Å². The Labute approximate surface area is 137 Å². The van der Waals surface area contributed by atoms with Crippen LogP contribution in [0.5, 0.6) is 0 Å². The Kier molecular flexibility index (Phi) is 5.16. The summed E-state index contributed by atoms with van der Waals surface area (Å²) >= 11 is 0. The lowest BCUT2D eigenvalue weighted by Gasteiger charge is -2.19. The predicted octanol–water partition coefficient (Wildman–Crippen LogP) is 2.29. The highest BCUT2D eigenvalue weighted by molar-refractivity contribution is 5.76. The van der Waals surface area contributed by atoms with Crippen LogP contribution in [0, 0.1) is 17.7 Å². The topological polar surface area (TPSA) is 58.4 Å². The zero-order valence-electron chi connectivity index (χ0n) is 13.5. The molecule has 3 N–H and O–H groups in total. The SMILES string of the molecule is N[C@@H]1CCC[C@H]1CC(=O)NCC1CCN(c2ccc(F)cc2)C1. The summed E-state index contributed by atoms with van der Waals surface area (Å²) in [6.45, 7) is 2.59. The van der Waals surface area contributed by atoms with E-state index in [0.29, 0.717) is 18.3 Å². The molecule has 5 heteroatoms. The minimum Gasteiger partial charge on any atom is -0.371 e. The minimum atomic E-state index is -0.207. The number of carbonyl (C=O) groups excluding carboxylic acids is 1. The van der Waals surface area contributed by atoms with Gasteiger partial charge in [0.25, 0.3) is 0 Å². The molecule has 1 saturated heterocycles. The second-order valence-corrected chi connectivity index (χ2v) is 6.94. The number of amides is 1. The Bertz CT molecular complexity index is 534. The largest absolute Gasteiger partial charge is 0.371 e.